The molecule has 1 saturated heterocycles. The largest absolute Gasteiger partial charge is 0.508 e. The van der Waals surface area contributed by atoms with Crippen LogP contribution in [0.3, 0.4) is 0 Å². The number of aromatic amines is 1. The number of fused-ring (bicyclic) bond motifs is 1. The predicted octanol–water partition coefficient (Wildman–Crippen LogP) is -1.17. The number of thioether (sulfide) groups is 2. The summed E-state index contributed by atoms with van der Waals surface area (Å²) in [5.41, 5.74) is 5.14. The lowest BCUT2D eigenvalue weighted by Gasteiger charge is -2.49. The Balaban J connectivity index is 1.46. The van der Waals surface area contributed by atoms with Crippen LogP contribution in [0.2, 0.25) is 0 Å². The molecule has 2 aliphatic heterocycles. The van der Waals surface area contributed by atoms with E-state index < -0.39 is 40.3 Å². The first-order valence-electron chi connectivity index (χ1n) is 10.1. The van der Waals surface area contributed by atoms with Gasteiger partial charge in [0.1, 0.15) is 22.9 Å². The van der Waals surface area contributed by atoms with Crippen molar-refractivity contribution in [1.82, 2.24) is 25.0 Å². The van der Waals surface area contributed by atoms with Gasteiger partial charge < -0.3 is 21.3 Å². The molecule has 3 heterocycles. The Hall–Kier alpha value is -3.72. The van der Waals surface area contributed by atoms with Crippen LogP contribution in [-0.4, -0.2) is 70.6 Å². The van der Waals surface area contributed by atoms with Crippen molar-refractivity contribution in [2.75, 3.05) is 17.2 Å². The van der Waals surface area contributed by atoms with Gasteiger partial charge in [-0.1, -0.05) is 17.8 Å². The van der Waals surface area contributed by atoms with Crippen LogP contribution in [0.15, 0.2) is 44.2 Å². The fraction of sp³-hybridized carbons (Fsp3) is 0.300. The van der Waals surface area contributed by atoms with Crippen LogP contribution in [-0.2, 0) is 27.9 Å². The number of aromatic hydroxyl groups is 1. The Morgan fingerprint density at radius 2 is 2.09 bits per heavy atom. The number of phenols is 1. The van der Waals surface area contributed by atoms with Crippen LogP contribution < -0.4 is 22.2 Å². The Morgan fingerprint density at radius 1 is 1.34 bits per heavy atom. The van der Waals surface area contributed by atoms with Gasteiger partial charge in [0.05, 0.1) is 6.42 Å². The molecule has 2 aliphatic rings. The molecule has 0 spiro atoms. The lowest BCUT2D eigenvalue weighted by atomic mass is 10.0. The van der Waals surface area contributed by atoms with Crippen molar-refractivity contribution in [2.45, 2.75) is 23.0 Å². The molecule has 2 amide bonds. The molecule has 0 bridgehead atoms. The number of hydrogen-bond acceptors (Lipinski definition) is 10. The van der Waals surface area contributed by atoms with Crippen molar-refractivity contribution in [1.29, 1.82) is 0 Å². The van der Waals surface area contributed by atoms with E-state index in [0.29, 0.717) is 11.1 Å². The maximum Gasteiger partial charge on any atom is 0.352 e. The molecule has 0 radical (unpaired) electrons. The summed E-state index contributed by atoms with van der Waals surface area (Å²) in [6, 6.07) is 3.34. The minimum atomic E-state index is -1.29. The van der Waals surface area contributed by atoms with Crippen LogP contribution in [0.5, 0.6) is 5.75 Å². The number of H-pyrrole nitrogens is 1. The summed E-state index contributed by atoms with van der Waals surface area (Å²) in [6.07, 6.45) is -0.109. The first kappa shape index (κ1) is 24.4. The van der Waals surface area contributed by atoms with Crippen LogP contribution in [0, 0.1) is 0 Å². The van der Waals surface area contributed by atoms with Crippen LogP contribution in [0.1, 0.15) is 5.56 Å². The average Bonchev–Trinajstić information content (AvgIpc) is 2.81. The number of carbonyl (C=O) groups excluding carboxylic acids is 2. The zero-order valence-corrected chi connectivity index (χ0v) is 19.8. The minimum absolute atomic E-state index is 0.0319. The van der Waals surface area contributed by atoms with Crippen LogP contribution in [0.25, 0.3) is 0 Å². The third-order valence-electron chi connectivity index (χ3n) is 5.46. The fourth-order valence-corrected chi connectivity index (χ4v) is 6.08. The van der Waals surface area contributed by atoms with Crippen LogP contribution >= 0.6 is 23.5 Å². The number of aromatic nitrogens is 3. The molecule has 0 aliphatic carbocycles. The number of anilines is 1. The molecule has 184 valence electrons. The first-order valence-corrected chi connectivity index (χ1v) is 12.2. The van der Waals surface area contributed by atoms with E-state index in [-0.39, 0.29) is 40.2 Å². The van der Waals surface area contributed by atoms with Gasteiger partial charge in [0.2, 0.25) is 5.91 Å². The molecule has 2 aromatic rings. The predicted molar refractivity (Wildman–Crippen MR) is 127 cm³/mol. The van der Waals surface area contributed by atoms with Crippen molar-refractivity contribution in [3.8, 4) is 5.75 Å². The Kier molecular flexibility index (Phi) is 6.62. The maximum absolute atomic E-state index is 12.8. The number of nitrogens with one attached hydrogen (secondary N) is 2. The van der Waals surface area contributed by atoms with E-state index in [9.17, 15) is 34.2 Å². The third-order valence-corrected chi connectivity index (χ3v) is 7.92. The van der Waals surface area contributed by atoms with Gasteiger partial charge in [-0.15, -0.1) is 16.9 Å². The number of rotatable bonds is 7. The van der Waals surface area contributed by atoms with Gasteiger partial charge in [-0.25, -0.2) is 9.89 Å². The molecule has 1 aromatic carbocycles. The molecule has 0 unspecified atom stereocenters. The van der Waals surface area contributed by atoms with Crippen molar-refractivity contribution in [3.63, 3.8) is 0 Å². The number of benzene rings is 1. The highest BCUT2D eigenvalue weighted by Gasteiger charge is 2.54. The number of carboxylic acid groups (broad SMARTS) is 1. The topological polar surface area (TPSA) is 201 Å². The molecule has 2 atom stereocenters. The highest BCUT2D eigenvalue weighted by atomic mass is 32.2. The number of hydrogen-bond donors (Lipinski definition) is 5. The normalized spacial score (nSPS) is 19.2. The highest BCUT2D eigenvalue weighted by molar-refractivity contribution is 8.01. The fourth-order valence-electron chi connectivity index (χ4n) is 3.68. The zero-order chi connectivity index (χ0) is 25.4. The maximum atomic E-state index is 12.8. The van der Waals surface area contributed by atoms with Gasteiger partial charge in [-0.3, -0.25) is 28.6 Å². The molecule has 13 nitrogen and oxygen atoms in total. The van der Waals surface area contributed by atoms with E-state index in [1.165, 1.54) is 37.0 Å². The van der Waals surface area contributed by atoms with E-state index >= 15 is 0 Å². The Morgan fingerprint density at radius 3 is 2.77 bits per heavy atom. The number of phenolic OH excluding ortho intramolecular Hbond substituents is 1. The van der Waals surface area contributed by atoms with Crippen molar-refractivity contribution >= 4 is 47.0 Å². The van der Waals surface area contributed by atoms with E-state index in [2.05, 4.69) is 15.5 Å². The Bertz CT molecular complexity index is 1380. The number of nitrogens with two attached hydrogens (primary N) is 1. The smallest absolute Gasteiger partial charge is 0.352 e. The standard InChI is InChI=1S/C20H20N6O7S2/c1-25-17(31)15(29)23-24-20(25)35-7-9-6-34-18-13(16(30)26(18)14(9)19(32)33)22-12(28)4-8-2-3-10(27)5-11(8)21/h2-3,5,13,18,27H,4,6-7,21H2,1H3,(H,22,28)(H,23,29)(H,32,33)/t13-,18-/m0/s1. The SMILES string of the molecule is Cn1c(SCC2=C(C(=O)O)N3C(=O)[C@H](NC(=O)Cc4ccc(O)cc4N)[C@@H]3SC2)n[nH]c(=O)c1=O. The number of β-lactam (4-membered cyclic amide) rings is 1. The number of carboxylic acids is 1. The number of nitrogen functional groups attached to an aromatic ring is 1. The van der Waals surface area contributed by atoms with Gasteiger partial charge in [0.25, 0.3) is 5.91 Å². The second kappa shape index (κ2) is 9.50. The summed E-state index contributed by atoms with van der Waals surface area (Å²) in [5, 5.41) is 27.4. The molecule has 1 aromatic heterocycles. The Labute approximate surface area is 205 Å². The van der Waals surface area contributed by atoms with E-state index in [1.807, 2.05) is 0 Å². The van der Waals surface area contributed by atoms with E-state index in [1.54, 1.807) is 0 Å². The molecule has 0 saturated carbocycles. The summed E-state index contributed by atoms with van der Waals surface area (Å²) in [6.45, 7) is 0. The summed E-state index contributed by atoms with van der Waals surface area (Å²) < 4.78 is 1.06. The third kappa shape index (κ3) is 4.64. The first-order chi connectivity index (χ1) is 16.6. The van der Waals surface area contributed by atoms with E-state index in [0.717, 1.165) is 21.2 Å². The van der Waals surface area contributed by atoms with Gasteiger partial charge >= 0.3 is 17.1 Å². The van der Waals surface area contributed by atoms with Gasteiger partial charge in [0, 0.05) is 30.3 Å². The number of aliphatic carboxylic acids is 1. The van der Waals surface area contributed by atoms with Gasteiger partial charge in [0.15, 0.2) is 5.16 Å². The second-order valence-electron chi connectivity index (χ2n) is 7.76. The lowest BCUT2D eigenvalue weighted by Crippen LogP contribution is -2.70. The molecule has 35 heavy (non-hydrogen) atoms. The highest BCUT2D eigenvalue weighted by Crippen LogP contribution is 2.41. The van der Waals surface area contributed by atoms with Crippen molar-refractivity contribution in [3.05, 3.63) is 55.7 Å². The minimum Gasteiger partial charge on any atom is -0.508 e. The second-order valence-corrected chi connectivity index (χ2v) is 9.81. The summed E-state index contributed by atoms with van der Waals surface area (Å²) in [7, 11) is 1.38. The van der Waals surface area contributed by atoms with Crippen molar-refractivity contribution in [2.24, 2.45) is 7.05 Å². The molecule has 4 rings (SSSR count). The van der Waals surface area contributed by atoms with E-state index in [4.69, 9.17) is 5.73 Å². The van der Waals surface area contributed by atoms with Crippen LogP contribution in [0.4, 0.5) is 5.69 Å². The molecular weight excluding hydrogens is 500 g/mol. The molecule has 1 fully saturated rings. The number of nitrogens with zero attached hydrogens (tertiary/aromatic N) is 3. The molecular formula is C20H20N6O7S2. The summed E-state index contributed by atoms with van der Waals surface area (Å²) in [5.74, 6) is -1.94. The molecule has 15 heteroatoms. The summed E-state index contributed by atoms with van der Waals surface area (Å²) in [4.78, 5) is 61.6. The monoisotopic (exact) mass is 520 g/mol. The number of carbonyl (C=O) groups is 3. The molecule has 6 N–H and O–H groups in total. The van der Waals surface area contributed by atoms with Gasteiger partial charge in [-0.2, -0.15) is 0 Å². The summed E-state index contributed by atoms with van der Waals surface area (Å²) >= 11 is 2.35. The quantitative estimate of drug-likeness (QED) is 0.127. The lowest BCUT2D eigenvalue weighted by molar-refractivity contribution is -0.150. The van der Waals surface area contributed by atoms with Crippen molar-refractivity contribution < 1.29 is 24.6 Å². The zero-order valence-electron chi connectivity index (χ0n) is 18.2. The number of amides is 2. The van der Waals surface area contributed by atoms with Gasteiger partial charge in [-0.05, 0) is 17.2 Å². The average molecular weight is 521 g/mol.